The van der Waals surface area contributed by atoms with E-state index in [2.05, 4.69) is 17.0 Å². The number of aliphatic carboxylic acids is 1. The van der Waals surface area contributed by atoms with Crippen LogP contribution < -0.4 is 14.4 Å². The van der Waals surface area contributed by atoms with Crippen molar-refractivity contribution in [2.24, 2.45) is 0 Å². The van der Waals surface area contributed by atoms with Crippen molar-refractivity contribution in [2.45, 2.75) is 33.4 Å². The minimum atomic E-state index is -0.817. The lowest BCUT2D eigenvalue weighted by Gasteiger charge is -2.18. The average molecular weight is 391 g/mol. The van der Waals surface area contributed by atoms with E-state index in [1.807, 2.05) is 50.2 Å². The Hall–Kier alpha value is -3.21. The Kier molecular flexibility index (Phi) is 5.30. The summed E-state index contributed by atoms with van der Waals surface area (Å²) in [5.41, 5.74) is 4.31. The minimum absolute atomic E-state index is 0.0390. The van der Waals surface area contributed by atoms with Gasteiger partial charge in [-0.2, -0.15) is 0 Å². The molecule has 0 fully saturated rings. The fourth-order valence-corrected chi connectivity index (χ4v) is 4.05. The number of hydrogen-bond donors (Lipinski definition) is 1. The summed E-state index contributed by atoms with van der Waals surface area (Å²) in [7, 11) is 0. The van der Waals surface area contributed by atoms with Crippen molar-refractivity contribution in [1.82, 2.24) is 0 Å². The molecule has 0 saturated heterocycles. The molecule has 4 rings (SSSR count). The largest absolute Gasteiger partial charge is 0.493 e. The fraction of sp³-hybridized carbons (Fsp3) is 0.292. The van der Waals surface area contributed by atoms with Gasteiger partial charge in [-0.15, -0.1) is 0 Å². The van der Waals surface area contributed by atoms with E-state index in [-0.39, 0.29) is 6.42 Å². The molecule has 1 aliphatic heterocycles. The highest BCUT2D eigenvalue weighted by atomic mass is 16.5. The molecule has 0 bridgehead atoms. The van der Waals surface area contributed by atoms with Crippen LogP contribution in [0.15, 0.2) is 48.5 Å². The van der Waals surface area contributed by atoms with Crippen LogP contribution in [0.1, 0.15) is 30.5 Å². The molecule has 0 aliphatic carbocycles. The Morgan fingerprint density at radius 2 is 1.66 bits per heavy atom. The number of nitrogens with zero attached hydrogens (tertiary/aromatic N) is 1. The smallest absolute Gasteiger partial charge is 0.307 e. The van der Waals surface area contributed by atoms with Gasteiger partial charge in [-0.05, 0) is 54.6 Å². The van der Waals surface area contributed by atoms with Gasteiger partial charge in [0.05, 0.1) is 19.6 Å². The van der Waals surface area contributed by atoms with Gasteiger partial charge in [0.1, 0.15) is 11.5 Å². The summed E-state index contributed by atoms with van der Waals surface area (Å²) in [5.74, 6) is 1.01. The summed E-state index contributed by atoms with van der Waals surface area (Å²) in [4.78, 5) is 13.2. The topological polar surface area (TPSA) is 59.0 Å². The van der Waals surface area contributed by atoms with Crippen LogP contribution in [0.3, 0.4) is 0 Å². The Morgan fingerprint density at radius 1 is 0.966 bits per heavy atom. The number of carboxylic acid groups (broad SMARTS) is 1. The third kappa shape index (κ3) is 3.73. The van der Waals surface area contributed by atoms with Gasteiger partial charge in [0.2, 0.25) is 0 Å². The van der Waals surface area contributed by atoms with Gasteiger partial charge in [-0.3, -0.25) is 4.79 Å². The maximum absolute atomic E-state index is 10.9. The summed E-state index contributed by atoms with van der Waals surface area (Å²) in [6.07, 6.45) is 0.0390. The zero-order valence-corrected chi connectivity index (χ0v) is 16.8. The van der Waals surface area contributed by atoms with Crippen LogP contribution in [0.4, 0.5) is 5.69 Å². The molecule has 0 amide bonds. The second kappa shape index (κ2) is 8.03. The number of benzene rings is 3. The highest BCUT2D eigenvalue weighted by molar-refractivity contribution is 5.95. The number of hydrogen-bond acceptors (Lipinski definition) is 4. The van der Waals surface area contributed by atoms with Crippen molar-refractivity contribution >= 4 is 22.4 Å². The molecule has 0 atom stereocenters. The number of rotatable bonds is 7. The molecule has 5 heteroatoms. The first kappa shape index (κ1) is 19.1. The molecule has 1 N–H and O–H groups in total. The quantitative estimate of drug-likeness (QED) is 0.628. The van der Waals surface area contributed by atoms with Crippen LogP contribution in [0.2, 0.25) is 0 Å². The second-order valence-corrected chi connectivity index (χ2v) is 7.15. The molecule has 5 nitrogen and oxygen atoms in total. The molecule has 29 heavy (non-hydrogen) atoms. The lowest BCUT2D eigenvalue weighted by Crippen LogP contribution is -2.14. The summed E-state index contributed by atoms with van der Waals surface area (Å²) in [6, 6.07) is 16.0. The van der Waals surface area contributed by atoms with E-state index in [9.17, 15) is 4.79 Å². The Bertz CT molecular complexity index is 1040. The first-order valence-corrected chi connectivity index (χ1v) is 9.99. The minimum Gasteiger partial charge on any atom is -0.493 e. The van der Waals surface area contributed by atoms with E-state index in [0.29, 0.717) is 13.2 Å². The van der Waals surface area contributed by atoms with Crippen LogP contribution in [-0.2, 0) is 24.3 Å². The molecular weight excluding hydrogens is 366 g/mol. The van der Waals surface area contributed by atoms with E-state index in [1.165, 1.54) is 11.1 Å². The van der Waals surface area contributed by atoms with Crippen molar-refractivity contribution in [3.8, 4) is 11.5 Å². The number of ether oxygens (including phenoxy) is 2. The average Bonchev–Trinajstić information content (AvgIpc) is 3.14. The molecule has 150 valence electrons. The van der Waals surface area contributed by atoms with Crippen molar-refractivity contribution in [3.63, 3.8) is 0 Å². The van der Waals surface area contributed by atoms with Gasteiger partial charge >= 0.3 is 5.97 Å². The molecule has 0 saturated carbocycles. The van der Waals surface area contributed by atoms with E-state index in [0.717, 1.165) is 46.6 Å². The summed E-state index contributed by atoms with van der Waals surface area (Å²) < 4.78 is 11.9. The van der Waals surface area contributed by atoms with Crippen molar-refractivity contribution in [1.29, 1.82) is 0 Å². The predicted molar refractivity (Wildman–Crippen MR) is 114 cm³/mol. The number of anilines is 1. The Labute approximate surface area is 170 Å². The SMILES string of the molecule is CCOc1cc2cccc(OCC)c2c2c1CN(c1ccc(CC(=O)O)cc1)C2. The lowest BCUT2D eigenvalue weighted by atomic mass is 9.99. The summed E-state index contributed by atoms with van der Waals surface area (Å²) in [6.45, 7) is 6.75. The van der Waals surface area contributed by atoms with E-state index < -0.39 is 5.97 Å². The normalized spacial score (nSPS) is 12.8. The van der Waals surface area contributed by atoms with Crippen LogP contribution in [-0.4, -0.2) is 24.3 Å². The Balaban J connectivity index is 1.74. The van der Waals surface area contributed by atoms with Gasteiger partial charge < -0.3 is 19.5 Å². The highest BCUT2D eigenvalue weighted by Crippen LogP contribution is 2.42. The van der Waals surface area contributed by atoms with Gasteiger partial charge in [0, 0.05) is 29.7 Å². The van der Waals surface area contributed by atoms with Crippen LogP contribution >= 0.6 is 0 Å². The first-order chi connectivity index (χ1) is 14.1. The standard InChI is InChI=1S/C24H25NO4/c1-3-28-21-7-5-6-17-13-22(29-4-2)19-14-25(15-20(19)24(17)21)18-10-8-16(9-11-18)12-23(26)27/h5-11,13H,3-4,12,14-15H2,1-2H3,(H,26,27). The van der Waals surface area contributed by atoms with E-state index in [1.54, 1.807) is 0 Å². The van der Waals surface area contributed by atoms with Gasteiger partial charge in [0.15, 0.2) is 0 Å². The van der Waals surface area contributed by atoms with Crippen LogP contribution in [0.5, 0.6) is 11.5 Å². The maximum atomic E-state index is 10.9. The second-order valence-electron chi connectivity index (χ2n) is 7.15. The highest BCUT2D eigenvalue weighted by Gasteiger charge is 2.27. The van der Waals surface area contributed by atoms with Crippen molar-refractivity contribution < 1.29 is 19.4 Å². The molecule has 1 aliphatic rings. The summed E-state index contributed by atoms with van der Waals surface area (Å²) >= 11 is 0. The maximum Gasteiger partial charge on any atom is 0.307 e. The van der Waals surface area contributed by atoms with E-state index in [4.69, 9.17) is 14.6 Å². The van der Waals surface area contributed by atoms with E-state index >= 15 is 0 Å². The molecule has 3 aromatic carbocycles. The number of carbonyl (C=O) groups is 1. The van der Waals surface area contributed by atoms with Crippen molar-refractivity contribution in [3.05, 3.63) is 65.2 Å². The molecule has 3 aromatic rings. The predicted octanol–water partition coefficient (Wildman–Crippen LogP) is 4.78. The van der Waals surface area contributed by atoms with Crippen LogP contribution in [0.25, 0.3) is 10.8 Å². The zero-order valence-electron chi connectivity index (χ0n) is 16.8. The van der Waals surface area contributed by atoms with Gasteiger partial charge in [-0.1, -0.05) is 24.3 Å². The third-order valence-corrected chi connectivity index (χ3v) is 5.26. The fourth-order valence-electron chi connectivity index (χ4n) is 4.05. The Morgan fingerprint density at radius 3 is 2.34 bits per heavy atom. The lowest BCUT2D eigenvalue weighted by molar-refractivity contribution is -0.136. The molecule has 0 unspecified atom stereocenters. The zero-order chi connectivity index (χ0) is 20.4. The van der Waals surface area contributed by atoms with Gasteiger partial charge in [-0.25, -0.2) is 0 Å². The third-order valence-electron chi connectivity index (χ3n) is 5.26. The van der Waals surface area contributed by atoms with Gasteiger partial charge in [0.25, 0.3) is 0 Å². The van der Waals surface area contributed by atoms with Crippen LogP contribution in [0, 0.1) is 0 Å². The monoisotopic (exact) mass is 391 g/mol. The molecule has 0 spiro atoms. The number of fused-ring (bicyclic) bond motifs is 3. The van der Waals surface area contributed by atoms with Crippen molar-refractivity contribution in [2.75, 3.05) is 18.1 Å². The molecule has 0 aromatic heterocycles. The first-order valence-electron chi connectivity index (χ1n) is 9.99. The molecular formula is C24H25NO4. The summed E-state index contributed by atoms with van der Waals surface area (Å²) in [5, 5.41) is 11.3. The molecule has 1 heterocycles. The molecule has 0 radical (unpaired) electrons. The number of carboxylic acids is 1.